The number of carbonyl (C=O) groups is 2. The molecule has 0 spiro atoms. The summed E-state index contributed by atoms with van der Waals surface area (Å²) in [6.45, 7) is 4.42. The number of benzene rings is 2. The van der Waals surface area contributed by atoms with Gasteiger partial charge in [-0.1, -0.05) is 30.0 Å². The summed E-state index contributed by atoms with van der Waals surface area (Å²) in [5.74, 6) is 1.46. The molecule has 2 aromatic carbocycles. The number of halogens is 2. The second-order valence-electron chi connectivity index (χ2n) is 6.79. The molecular formula is C21H20F2N2O3. The molecule has 2 aromatic rings. The molecule has 1 atom stereocenters. The molecule has 2 amide bonds. The Morgan fingerprint density at radius 2 is 1.57 bits per heavy atom. The third-order valence-electron chi connectivity index (χ3n) is 4.29. The molecular weight excluding hydrogens is 366 g/mol. The molecule has 0 aliphatic heterocycles. The lowest BCUT2D eigenvalue weighted by molar-refractivity contribution is -0.143. The highest BCUT2D eigenvalue weighted by Gasteiger charge is 2.33. The highest BCUT2D eigenvalue weighted by molar-refractivity contribution is 5.90. The van der Waals surface area contributed by atoms with E-state index in [1.807, 2.05) is 6.07 Å². The van der Waals surface area contributed by atoms with Gasteiger partial charge in [0.25, 0.3) is 0 Å². The van der Waals surface area contributed by atoms with Crippen molar-refractivity contribution in [3.05, 3.63) is 65.2 Å². The zero-order chi connectivity index (χ0) is 20.9. The SMILES string of the molecule is CC(C(=O)O)C(C)(C)NC(=O)Nc1c(F)cc(C#Cc2ccccc2)cc1F. The molecule has 1 unspecified atom stereocenters. The zero-order valence-electron chi connectivity index (χ0n) is 15.6. The Hall–Kier alpha value is -3.40. The molecule has 0 bridgehead atoms. The van der Waals surface area contributed by atoms with Crippen molar-refractivity contribution in [2.45, 2.75) is 26.3 Å². The Morgan fingerprint density at radius 1 is 1.04 bits per heavy atom. The molecule has 0 aliphatic rings. The van der Waals surface area contributed by atoms with Crippen LogP contribution in [0.15, 0.2) is 42.5 Å². The molecule has 0 heterocycles. The number of carboxylic acid groups (broad SMARTS) is 1. The van der Waals surface area contributed by atoms with Crippen LogP contribution >= 0.6 is 0 Å². The third kappa shape index (κ3) is 5.30. The summed E-state index contributed by atoms with van der Waals surface area (Å²) >= 11 is 0. The Kier molecular flexibility index (Phi) is 6.37. The number of anilines is 1. The number of aliphatic carboxylic acids is 1. The van der Waals surface area contributed by atoms with Crippen molar-refractivity contribution in [3.8, 4) is 11.8 Å². The topological polar surface area (TPSA) is 78.4 Å². The van der Waals surface area contributed by atoms with Crippen LogP contribution in [-0.2, 0) is 4.79 Å². The average Bonchev–Trinajstić information content (AvgIpc) is 2.62. The number of hydrogen-bond acceptors (Lipinski definition) is 2. The molecule has 2 rings (SSSR count). The van der Waals surface area contributed by atoms with E-state index in [1.54, 1.807) is 24.3 Å². The van der Waals surface area contributed by atoms with Crippen molar-refractivity contribution in [2.75, 3.05) is 5.32 Å². The minimum atomic E-state index is -1.13. The number of hydrogen-bond donors (Lipinski definition) is 3. The van der Waals surface area contributed by atoms with Crippen LogP contribution in [0.5, 0.6) is 0 Å². The van der Waals surface area contributed by atoms with Crippen LogP contribution in [0.3, 0.4) is 0 Å². The van der Waals surface area contributed by atoms with Gasteiger partial charge < -0.3 is 15.7 Å². The molecule has 0 fully saturated rings. The van der Waals surface area contributed by atoms with Gasteiger partial charge in [-0.05, 0) is 45.0 Å². The minimum Gasteiger partial charge on any atom is -0.481 e. The van der Waals surface area contributed by atoms with Crippen molar-refractivity contribution in [1.82, 2.24) is 5.32 Å². The second kappa shape index (κ2) is 8.53. The van der Waals surface area contributed by atoms with E-state index in [9.17, 15) is 18.4 Å². The van der Waals surface area contributed by atoms with Crippen LogP contribution in [0.25, 0.3) is 0 Å². The van der Waals surface area contributed by atoms with Gasteiger partial charge in [0, 0.05) is 16.7 Å². The Morgan fingerprint density at radius 3 is 2.11 bits per heavy atom. The summed E-state index contributed by atoms with van der Waals surface area (Å²) in [5, 5.41) is 13.6. The standard InChI is InChI=1S/C21H20F2N2O3/c1-13(19(26)27)21(2,3)25-20(28)24-18-16(22)11-15(12-17(18)23)10-9-14-7-5-4-6-8-14/h4-8,11-13H,1-3H3,(H,26,27)(H2,24,25,28). The highest BCUT2D eigenvalue weighted by Crippen LogP contribution is 2.22. The van der Waals surface area contributed by atoms with Crippen molar-refractivity contribution in [1.29, 1.82) is 0 Å². The Balaban J connectivity index is 2.16. The lowest BCUT2D eigenvalue weighted by atomic mass is 9.89. The van der Waals surface area contributed by atoms with E-state index in [2.05, 4.69) is 22.5 Å². The molecule has 0 saturated heterocycles. The Labute approximate surface area is 161 Å². The van der Waals surface area contributed by atoms with Crippen LogP contribution in [0.1, 0.15) is 31.9 Å². The predicted molar refractivity (Wildman–Crippen MR) is 102 cm³/mol. The van der Waals surface area contributed by atoms with E-state index in [1.165, 1.54) is 20.8 Å². The van der Waals surface area contributed by atoms with Gasteiger partial charge in [0.2, 0.25) is 0 Å². The van der Waals surface area contributed by atoms with Crippen LogP contribution in [-0.4, -0.2) is 22.6 Å². The zero-order valence-corrected chi connectivity index (χ0v) is 15.6. The number of urea groups is 1. The first-order valence-corrected chi connectivity index (χ1v) is 8.48. The summed E-state index contributed by atoms with van der Waals surface area (Å²) in [7, 11) is 0. The fourth-order valence-corrected chi connectivity index (χ4v) is 2.28. The fraction of sp³-hybridized carbons (Fsp3) is 0.238. The molecule has 7 heteroatoms. The van der Waals surface area contributed by atoms with Gasteiger partial charge >= 0.3 is 12.0 Å². The van der Waals surface area contributed by atoms with Gasteiger partial charge in [-0.2, -0.15) is 0 Å². The monoisotopic (exact) mass is 386 g/mol. The predicted octanol–water partition coefficient (Wildman–Crippen LogP) is 3.99. The minimum absolute atomic E-state index is 0.115. The maximum Gasteiger partial charge on any atom is 0.319 e. The lowest BCUT2D eigenvalue weighted by Crippen LogP contribution is -2.52. The van der Waals surface area contributed by atoms with E-state index in [0.717, 1.165) is 12.1 Å². The quantitative estimate of drug-likeness (QED) is 0.696. The van der Waals surface area contributed by atoms with Crippen LogP contribution in [0.2, 0.25) is 0 Å². The van der Waals surface area contributed by atoms with Crippen molar-refractivity contribution in [2.24, 2.45) is 5.92 Å². The Bertz CT molecular complexity index is 924. The van der Waals surface area contributed by atoms with Gasteiger partial charge in [0.05, 0.1) is 5.92 Å². The maximum absolute atomic E-state index is 14.3. The van der Waals surface area contributed by atoms with E-state index in [-0.39, 0.29) is 5.56 Å². The summed E-state index contributed by atoms with van der Waals surface area (Å²) in [6, 6.07) is 10.1. The maximum atomic E-state index is 14.3. The summed E-state index contributed by atoms with van der Waals surface area (Å²) in [4.78, 5) is 23.2. The first-order chi connectivity index (χ1) is 13.1. The van der Waals surface area contributed by atoms with Crippen LogP contribution in [0.4, 0.5) is 19.3 Å². The lowest BCUT2D eigenvalue weighted by Gasteiger charge is -2.30. The molecule has 0 radical (unpaired) electrons. The van der Waals surface area contributed by atoms with Crippen molar-refractivity contribution in [3.63, 3.8) is 0 Å². The highest BCUT2D eigenvalue weighted by atomic mass is 19.1. The first-order valence-electron chi connectivity index (χ1n) is 8.48. The van der Waals surface area contributed by atoms with E-state index < -0.39 is 40.8 Å². The fourth-order valence-electron chi connectivity index (χ4n) is 2.28. The first kappa shape index (κ1) is 20.9. The van der Waals surface area contributed by atoms with Crippen molar-refractivity contribution >= 4 is 17.7 Å². The molecule has 0 saturated carbocycles. The molecule has 3 N–H and O–H groups in total. The van der Waals surface area contributed by atoms with Crippen LogP contribution < -0.4 is 10.6 Å². The average molecular weight is 386 g/mol. The van der Waals surface area contributed by atoms with Crippen molar-refractivity contribution < 1.29 is 23.5 Å². The van der Waals surface area contributed by atoms with E-state index in [4.69, 9.17) is 5.11 Å². The molecule has 0 aliphatic carbocycles. The molecule has 5 nitrogen and oxygen atoms in total. The number of carbonyl (C=O) groups excluding carboxylic acids is 1. The molecule has 28 heavy (non-hydrogen) atoms. The van der Waals surface area contributed by atoms with Gasteiger partial charge in [0.15, 0.2) is 11.6 Å². The number of nitrogens with one attached hydrogen (secondary N) is 2. The largest absolute Gasteiger partial charge is 0.481 e. The normalized spacial score (nSPS) is 11.8. The molecule has 146 valence electrons. The summed E-state index contributed by atoms with van der Waals surface area (Å²) in [5.41, 5.74) is -0.963. The van der Waals surface area contributed by atoms with Gasteiger partial charge in [-0.15, -0.1) is 0 Å². The number of amides is 2. The van der Waals surface area contributed by atoms with Gasteiger partial charge in [0.1, 0.15) is 5.69 Å². The summed E-state index contributed by atoms with van der Waals surface area (Å²) < 4.78 is 28.5. The summed E-state index contributed by atoms with van der Waals surface area (Å²) in [6.07, 6.45) is 0. The number of carboxylic acids is 1. The van der Waals surface area contributed by atoms with Gasteiger partial charge in [-0.25, -0.2) is 13.6 Å². The third-order valence-corrected chi connectivity index (χ3v) is 4.29. The van der Waals surface area contributed by atoms with E-state index >= 15 is 0 Å². The number of rotatable bonds is 4. The van der Waals surface area contributed by atoms with Crippen LogP contribution in [0, 0.1) is 29.4 Å². The van der Waals surface area contributed by atoms with Gasteiger partial charge in [-0.3, -0.25) is 4.79 Å². The van der Waals surface area contributed by atoms with E-state index in [0.29, 0.717) is 5.56 Å². The molecule has 0 aromatic heterocycles. The second-order valence-corrected chi connectivity index (χ2v) is 6.79. The smallest absolute Gasteiger partial charge is 0.319 e.